The Bertz CT molecular complexity index is 839. The molecule has 0 atom stereocenters. The Kier molecular flexibility index (Phi) is 5.93. The van der Waals surface area contributed by atoms with Crippen molar-refractivity contribution in [3.05, 3.63) is 64.4 Å². The molecule has 2 aromatic carbocycles. The first-order valence-electron chi connectivity index (χ1n) is 7.04. The molecular weight excluding hydrogens is 355 g/mol. The van der Waals surface area contributed by atoms with Crippen LogP contribution in [0.4, 0.5) is 10.1 Å². The van der Waals surface area contributed by atoms with Gasteiger partial charge in [0.2, 0.25) is 10.0 Å². The van der Waals surface area contributed by atoms with E-state index in [1.165, 1.54) is 18.2 Å². The van der Waals surface area contributed by atoms with Gasteiger partial charge in [0, 0.05) is 17.8 Å². The number of carbonyl (C=O) groups is 1. The number of benzene rings is 2. The zero-order valence-corrected chi connectivity index (χ0v) is 14.4. The second-order valence-electron chi connectivity index (χ2n) is 5.20. The molecular formula is C16H16ClFN2O3S. The highest BCUT2D eigenvalue weighted by Gasteiger charge is 2.08. The van der Waals surface area contributed by atoms with Crippen LogP contribution in [0.15, 0.2) is 42.5 Å². The number of carbonyl (C=O) groups excluding carboxylic acids is 1. The van der Waals surface area contributed by atoms with Crippen molar-refractivity contribution in [1.29, 1.82) is 0 Å². The molecule has 0 unspecified atom stereocenters. The molecule has 0 fully saturated rings. The molecule has 0 spiro atoms. The first kappa shape index (κ1) is 18.4. The van der Waals surface area contributed by atoms with Crippen molar-refractivity contribution in [2.45, 2.75) is 6.42 Å². The zero-order valence-electron chi connectivity index (χ0n) is 12.8. The number of anilines is 1. The van der Waals surface area contributed by atoms with Crippen molar-refractivity contribution < 1.29 is 17.6 Å². The van der Waals surface area contributed by atoms with Crippen LogP contribution in [0.3, 0.4) is 0 Å². The molecule has 0 heterocycles. The van der Waals surface area contributed by atoms with Gasteiger partial charge < -0.3 is 5.32 Å². The van der Waals surface area contributed by atoms with Gasteiger partial charge in [-0.05, 0) is 42.3 Å². The van der Waals surface area contributed by atoms with Crippen molar-refractivity contribution in [2.24, 2.45) is 0 Å². The largest absolute Gasteiger partial charge is 0.322 e. The van der Waals surface area contributed by atoms with Crippen LogP contribution in [0, 0.1) is 5.82 Å². The molecule has 0 radical (unpaired) electrons. The number of hydrogen-bond acceptors (Lipinski definition) is 3. The molecule has 2 rings (SSSR count). The van der Waals surface area contributed by atoms with Gasteiger partial charge in [-0.3, -0.25) is 4.79 Å². The average Bonchev–Trinajstić information content (AvgIpc) is 2.50. The van der Waals surface area contributed by atoms with E-state index in [0.29, 0.717) is 24.2 Å². The summed E-state index contributed by atoms with van der Waals surface area (Å²) in [6.45, 7) is 0.290. The predicted octanol–water partition coefficient (Wildman–Crippen LogP) is 2.82. The van der Waals surface area contributed by atoms with Gasteiger partial charge in [0.1, 0.15) is 5.82 Å². The third-order valence-corrected chi connectivity index (χ3v) is 4.19. The highest BCUT2D eigenvalue weighted by molar-refractivity contribution is 7.88. The maximum absolute atomic E-state index is 13.1. The first-order valence-corrected chi connectivity index (χ1v) is 9.31. The van der Waals surface area contributed by atoms with Gasteiger partial charge in [0.05, 0.1) is 11.3 Å². The van der Waals surface area contributed by atoms with Crippen molar-refractivity contribution in [3.63, 3.8) is 0 Å². The fourth-order valence-corrected chi connectivity index (χ4v) is 2.63. The fraction of sp³-hybridized carbons (Fsp3) is 0.188. The lowest BCUT2D eigenvalue weighted by atomic mass is 10.1. The molecule has 0 aliphatic carbocycles. The smallest absolute Gasteiger partial charge is 0.255 e. The topological polar surface area (TPSA) is 75.3 Å². The molecule has 24 heavy (non-hydrogen) atoms. The lowest BCUT2D eigenvalue weighted by Gasteiger charge is -2.07. The summed E-state index contributed by atoms with van der Waals surface area (Å²) in [5, 5.41) is 2.56. The summed E-state index contributed by atoms with van der Waals surface area (Å²) in [5.41, 5.74) is 1.72. The van der Waals surface area contributed by atoms with Crippen molar-refractivity contribution in [1.82, 2.24) is 4.72 Å². The van der Waals surface area contributed by atoms with Crippen LogP contribution in [0.2, 0.25) is 5.02 Å². The second kappa shape index (κ2) is 7.74. The monoisotopic (exact) mass is 370 g/mol. The number of halogens is 2. The Morgan fingerprint density at radius 1 is 1.17 bits per heavy atom. The molecule has 0 bridgehead atoms. The molecule has 0 aromatic heterocycles. The molecule has 2 N–H and O–H groups in total. The maximum atomic E-state index is 13.1. The molecule has 5 nitrogen and oxygen atoms in total. The number of amides is 1. The minimum Gasteiger partial charge on any atom is -0.322 e. The van der Waals surface area contributed by atoms with E-state index in [4.69, 9.17) is 11.6 Å². The fourth-order valence-electron chi connectivity index (χ4n) is 1.98. The maximum Gasteiger partial charge on any atom is 0.255 e. The lowest BCUT2D eigenvalue weighted by Crippen LogP contribution is -2.24. The Balaban J connectivity index is 1.96. The van der Waals surface area contributed by atoms with E-state index in [2.05, 4.69) is 10.0 Å². The highest BCUT2D eigenvalue weighted by Crippen LogP contribution is 2.20. The van der Waals surface area contributed by atoms with E-state index in [1.54, 1.807) is 24.3 Å². The van der Waals surface area contributed by atoms with Crippen molar-refractivity contribution >= 4 is 33.2 Å². The van der Waals surface area contributed by atoms with Crippen LogP contribution >= 0.6 is 11.6 Å². The van der Waals surface area contributed by atoms with E-state index >= 15 is 0 Å². The summed E-state index contributed by atoms with van der Waals surface area (Å²) < 4.78 is 37.5. The zero-order chi connectivity index (χ0) is 17.7. The van der Waals surface area contributed by atoms with Crippen molar-refractivity contribution in [3.8, 4) is 0 Å². The Morgan fingerprint density at radius 3 is 2.42 bits per heavy atom. The van der Waals surface area contributed by atoms with Crippen LogP contribution in [0.1, 0.15) is 15.9 Å². The summed E-state index contributed by atoms with van der Waals surface area (Å²) >= 11 is 5.67. The molecule has 0 aliphatic heterocycles. The summed E-state index contributed by atoms with van der Waals surface area (Å²) in [6, 6.07) is 10.7. The standard InChI is InChI=1S/C16H16ClFN2O3S/c1-24(22,23)19-9-8-11-2-4-12(5-3-11)16(21)20-13-6-7-15(18)14(17)10-13/h2-7,10,19H,8-9H2,1H3,(H,20,21). The van der Waals surface area contributed by atoms with Crippen LogP contribution in [0.5, 0.6) is 0 Å². The third-order valence-electron chi connectivity index (χ3n) is 3.17. The molecule has 2 aromatic rings. The normalized spacial score (nSPS) is 11.3. The van der Waals surface area contributed by atoms with E-state index in [1.807, 2.05) is 0 Å². The molecule has 128 valence electrons. The molecule has 8 heteroatoms. The van der Waals surface area contributed by atoms with Gasteiger partial charge in [-0.2, -0.15) is 0 Å². The summed E-state index contributed by atoms with van der Waals surface area (Å²) in [5.74, 6) is -0.903. The summed E-state index contributed by atoms with van der Waals surface area (Å²) in [6.07, 6.45) is 1.62. The van der Waals surface area contributed by atoms with Crippen LogP contribution in [-0.2, 0) is 16.4 Å². The quantitative estimate of drug-likeness (QED) is 0.821. The van der Waals surface area contributed by atoms with Gasteiger partial charge >= 0.3 is 0 Å². The first-order chi connectivity index (χ1) is 11.2. The number of rotatable bonds is 6. The molecule has 0 saturated heterocycles. The molecule has 0 aliphatic rings. The highest BCUT2D eigenvalue weighted by atomic mass is 35.5. The van der Waals surface area contributed by atoms with E-state index in [0.717, 1.165) is 11.8 Å². The molecule has 1 amide bonds. The second-order valence-corrected chi connectivity index (χ2v) is 7.44. The minimum absolute atomic E-state index is 0.0680. The summed E-state index contributed by atoms with van der Waals surface area (Å²) in [7, 11) is -3.21. The lowest BCUT2D eigenvalue weighted by molar-refractivity contribution is 0.102. The Hall–Kier alpha value is -1.96. The van der Waals surface area contributed by atoms with Crippen LogP contribution in [-0.4, -0.2) is 27.1 Å². The molecule has 0 saturated carbocycles. The summed E-state index contributed by atoms with van der Waals surface area (Å²) in [4.78, 5) is 12.1. The van der Waals surface area contributed by atoms with Gasteiger partial charge in [0.25, 0.3) is 5.91 Å². The Morgan fingerprint density at radius 2 is 1.83 bits per heavy atom. The third kappa shape index (κ3) is 5.59. The SMILES string of the molecule is CS(=O)(=O)NCCc1ccc(C(=O)Nc2ccc(F)c(Cl)c2)cc1. The number of sulfonamides is 1. The average molecular weight is 371 g/mol. The van der Waals surface area contributed by atoms with Gasteiger partial charge in [-0.1, -0.05) is 23.7 Å². The van der Waals surface area contributed by atoms with E-state index in [9.17, 15) is 17.6 Å². The van der Waals surface area contributed by atoms with Crippen molar-refractivity contribution in [2.75, 3.05) is 18.1 Å². The van der Waals surface area contributed by atoms with Gasteiger partial charge in [-0.15, -0.1) is 0 Å². The van der Waals surface area contributed by atoms with Crippen LogP contribution in [0.25, 0.3) is 0 Å². The Labute approximate surface area is 144 Å². The van der Waals surface area contributed by atoms with E-state index < -0.39 is 15.8 Å². The van der Waals surface area contributed by atoms with Crippen LogP contribution < -0.4 is 10.0 Å². The van der Waals surface area contributed by atoms with Gasteiger partial charge in [-0.25, -0.2) is 17.5 Å². The predicted molar refractivity (Wildman–Crippen MR) is 92.4 cm³/mol. The number of hydrogen-bond donors (Lipinski definition) is 2. The number of nitrogens with one attached hydrogen (secondary N) is 2. The van der Waals surface area contributed by atoms with E-state index in [-0.39, 0.29) is 10.9 Å². The van der Waals surface area contributed by atoms with Gasteiger partial charge in [0.15, 0.2) is 0 Å². The minimum atomic E-state index is -3.21.